The van der Waals surface area contributed by atoms with Gasteiger partial charge in [0, 0.05) is 18.6 Å². The average molecular weight is 321 g/mol. The van der Waals surface area contributed by atoms with Crippen LogP contribution in [0.15, 0.2) is 59.1 Å². The van der Waals surface area contributed by atoms with Gasteiger partial charge in [0.2, 0.25) is 5.95 Å². The first-order chi connectivity index (χ1) is 11.7. The van der Waals surface area contributed by atoms with E-state index in [9.17, 15) is 4.79 Å². The van der Waals surface area contributed by atoms with Crippen LogP contribution in [0.3, 0.4) is 0 Å². The lowest BCUT2D eigenvalue weighted by molar-refractivity contribution is 0.217. The van der Waals surface area contributed by atoms with Crippen LogP contribution in [0.1, 0.15) is 5.76 Å². The number of anilines is 1. The van der Waals surface area contributed by atoms with E-state index in [1.54, 1.807) is 17.6 Å². The predicted octanol–water partition coefficient (Wildman–Crippen LogP) is 3.14. The molecule has 1 N–H and O–H groups in total. The third-order valence-electron chi connectivity index (χ3n) is 3.75. The summed E-state index contributed by atoms with van der Waals surface area (Å²) in [4.78, 5) is 13.9. The van der Waals surface area contributed by atoms with Crippen molar-refractivity contribution in [2.24, 2.45) is 0 Å². The van der Waals surface area contributed by atoms with Crippen molar-refractivity contribution >= 4 is 28.6 Å². The summed E-state index contributed by atoms with van der Waals surface area (Å²) >= 11 is 0. The number of benzene rings is 1. The standard InChI is InChI=1S/C17H15N5O2/c1-21(11-13-10-12-6-2-3-7-14(12)24-13)17(23)18-16-20-19-15-8-4-5-9-22(15)16/h2-10H,11H2,1H3,(H,18,20,23). The van der Waals surface area contributed by atoms with Crippen LogP contribution in [0.5, 0.6) is 0 Å². The summed E-state index contributed by atoms with van der Waals surface area (Å²) in [6, 6.07) is 14.9. The maximum Gasteiger partial charge on any atom is 0.324 e. The molecule has 0 bridgehead atoms. The molecule has 120 valence electrons. The number of para-hydroxylation sites is 1. The van der Waals surface area contributed by atoms with E-state index in [1.807, 2.05) is 48.5 Å². The van der Waals surface area contributed by atoms with Crippen LogP contribution >= 0.6 is 0 Å². The quantitative estimate of drug-likeness (QED) is 0.629. The molecule has 0 spiro atoms. The van der Waals surface area contributed by atoms with Gasteiger partial charge in [0.15, 0.2) is 5.65 Å². The third kappa shape index (κ3) is 2.56. The molecule has 0 aliphatic heterocycles. The zero-order valence-corrected chi connectivity index (χ0v) is 13.0. The first kappa shape index (κ1) is 14.3. The maximum atomic E-state index is 12.4. The van der Waals surface area contributed by atoms with E-state index >= 15 is 0 Å². The summed E-state index contributed by atoms with van der Waals surface area (Å²) in [6.45, 7) is 0.358. The molecule has 0 aliphatic carbocycles. The Morgan fingerprint density at radius 2 is 2.04 bits per heavy atom. The van der Waals surface area contributed by atoms with Crippen molar-refractivity contribution in [1.82, 2.24) is 19.5 Å². The molecule has 3 aromatic heterocycles. The topological polar surface area (TPSA) is 75.7 Å². The largest absolute Gasteiger partial charge is 0.459 e. The van der Waals surface area contributed by atoms with E-state index in [1.165, 1.54) is 4.90 Å². The molecule has 4 rings (SSSR count). The molecule has 0 unspecified atom stereocenters. The summed E-state index contributed by atoms with van der Waals surface area (Å²) in [5.74, 6) is 1.10. The minimum absolute atomic E-state index is 0.284. The van der Waals surface area contributed by atoms with Gasteiger partial charge < -0.3 is 9.32 Å². The van der Waals surface area contributed by atoms with Crippen LogP contribution in [0.25, 0.3) is 16.6 Å². The van der Waals surface area contributed by atoms with Crippen molar-refractivity contribution in [3.05, 3.63) is 60.5 Å². The van der Waals surface area contributed by atoms with Gasteiger partial charge in [-0.1, -0.05) is 24.3 Å². The predicted molar refractivity (Wildman–Crippen MR) is 89.7 cm³/mol. The Morgan fingerprint density at radius 3 is 2.92 bits per heavy atom. The van der Waals surface area contributed by atoms with Crippen LogP contribution in [0.2, 0.25) is 0 Å². The second kappa shape index (κ2) is 5.69. The van der Waals surface area contributed by atoms with Gasteiger partial charge in [-0.3, -0.25) is 9.72 Å². The summed E-state index contributed by atoms with van der Waals surface area (Å²) in [5.41, 5.74) is 1.48. The van der Waals surface area contributed by atoms with Gasteiger partial charge in [0.1, 0.15) is 11.3 Å². The van der Waals surface area contributed by atoms with E-state index in [0.29, 0.717) is 18.1 Å². The molecule has 0 fully saturated rings. The fourth-order valence-electron chi connectivity index (χ4n) is 2.54. The average Bonchev–Trinajstić information content (AvgIpc) is 3.18. The zero-order chi connectivity index (χ0) is 16.5. The molecule has 0 saturated carbocycles. The van der Waals surface area contributed by atoms with Crippen LogP contribution in [-0.4, -0.2) is 32.6 Å². The maximum absolute atomic E-state index is 12.4. The van der Waals surface area contributed by atoms with Gasteiger partial charge in [-0.2, -0.15) is 0 Å². The second-order valence-electron chi connectivity index (χ2n) is 5.49. The Morgan fingerprint density at radius 1 is 1.21 bits per heavy atom. The third-order valence-corrected chi connectivity index (χ3v) is 3.75. The molecule has 24 heavy (non-hydrogen) atoms. The van der Waals surface area contributed by atoms with Crippen LogP contribution < -0.4 is 5.32 Å². The molecule has 0 aliphatic rings. The Balaban J connectivity index is 1.49. The van der Waals surface area contributed by atoms with E-state index in [4.69, 9.17) is 4.42 Å². The van der Waals surface area contributed by atoms with E-state index in [0.717, 1.165) is 16.7 Å². The Hall–Kier alpha value is -3.35. The summed E-state index contributed by atoms with van der Waals surface area (Å²) in [5, 5.41) is 11.8. The Labute approximate surface area is 137 Å². The normalized spacial score (nSPS) is 11.0. The molecule has 7 heteroatoms. The number of amides is 2. The number of hydrogen-bond donors (Lipinski definition) is 1. The van der Waals surface area contributed by atoms with E-state index in [2.05, 4.69) is 15.5 Å². The number of aromatic nitrogens is 3. The van der Waals surface area contributed by atoms with Crippen LogP contribution in [-0.2, 0) is 6.54 Å². The molecular weight excluding hydrogens is 306 g/mol. The molecule has 0 radical (unpaired) electrons. The van der Waals surface area contributed by atoms with Crippen molar-refractivity contribution in [1.29, 1.82) is 0 Å². The fraction of sp³-hybridized carbons (Fsp3) is 0.118. The number of nitrogens with one attached hydrogen (secondary N) is 1. The molecule has 0 atom stereocenters. The van der Waals surface area contributed by atoms with Crippen molar-refractivity contribution in [2.75, 3.05) is 12.4 Å². The lowest BCUT2D eigenvalue weighted by Gasteiger charge is -2.15. The molecule has 0 saturated heterocycles. The van der Waals surface area contributed by atoms with E-state index < -0.39 is 0 Å². The van der Waals surface area contributed by atoms with Gasteiger partial charge >= 0.3 is 6.03 Å². The van der Waals surface area contributed by atoms with E-state index in [-0.39, 0.29) is 6.03 Å². The van der Waals surface area contributed by atoms with Crippen molar-refractivity contribution in [2.45, 2.75) is 6.54 Å². The summed E-state index contributed by atoms with van der Waals surface area (Å²) in [7, 11) is 1.70. The molecular formula is C17H15N5O2. The number of furan rings is 1. The second-order valence-corrected chi connectivity index (χ2v) is 5.49. The highest BCUT2D eigenvalue weighted by Crippen LogP contribution is 2.20. The fourth-order valence-corrected chi connectivity index (χ4v) is 2.54. The number of hydrogen-bond acceptors (Lipinski definition) is 4. The number of urea groups is 1. The number of rotatable bonds is 3. The van der Waals surface area contributed by atoms with Crippen molar-refractivity contribution in [3.63, 3.8) is 0 Å². The highest BCUT2D eigenvalue weighted by Gasteiger charge is 2.15. The van der Waals surface area contributed by atoms with Gasteiger partial charge in [0.25, 0.3) is 0 Å². The SMILES string of the molecule is CN(Cc1cc2ccccc2o1)C(=O)Nc1nnc2ccccn12. The number of carbonyl (C=O) groups excluding carboxylic acids is 1. The minimum atomic E-state index is -0.284. The zero-order valence-electron chi connectivity index (χ0n) is 13.0. The molecule has 2 amide bonds. The monoisotopic (exact) mass is 321 g/mol. The lowest BCUT2D eigenvalue weighted by atomic mass is 10.2. The first-order valence-corrected chi connectivity index (χ1v) is 7.50. The highest BCUT2D eigenvalue weighted by atomic mass is 16.3. The smallest absolute Gasteiger partial charge is 0.324 e. The minimum Gasteiger partial charge on any atom is -0.459 e. The van der Waals surface area contributed by atoms with Crippen molar-refractivity contribution in [3.8, 4) is 0 Å². The highest BCUT2D eigenvalue weighted by molar-refractivity contribution is 5.87. The van der Waals surface area contributed by atoms with Gasteiger partial charge in [0.05, 0.1) is 6.54 Å². The summed E-state index contributed by atoms with van der Waals surface area (Å²) in [6.07, 6.45) is 1.80. The summed E-state index contributed by atoms with van der Waals surface area (Å²) < 4.78 is 7.45. The first-order valence-electron chi connectivity index (χ1n) is 7.50. The molecule has 4 aromatic rings. The molecule has 3 heterocycles. The van der Waals surface area contributed by atoms with Crippen LogP contribution in [0, 0.1) is 0 Å². The molecule has 1 aromatic carbocycles. The Kier molecular flexibility index (Phi) is 3.38. The van der Waals surface area contributed by atoms with Gasteiger partial charge in [-0.25, -0.2) is 4.79 Å². The van der Waals surface area contributed by atoms with Gasteiger partial charge in [-0.15, -0.1) is 10.2 Å². The van der Waals surface area contributed by atoms with Crippen LogP contribution in [0.4, 0.5) is 10.7 Å². The number of pyridine rings is 1. The molecule has 7 nitrogen and oxygen atoms in total. The number of nitrogens with zero attached hydrogens (tertiary/aromatic N) is 4. The number of carbonyl (C=O) groups is 1. The lowest BCUT2D eigenvalue weighted by Crippen LogP contribution is -2.31. The van der Waals surface area contributed by atoms with Gasteiger partial charge in [-0.05, 0) is 24.3 Å². The number of fused-ring (bicyclic) bond motifs is 2. The Bertz CT molecular complexity index is 987. The van der Waals surface area contributed by atoms with Crippen molar-refractivity contribution < 1.29 is 9.21 Å².